The Kier molecular flexibility index (Phi) is 5.16. The van der Waals surface area contributed by atoms with Gasteiger partial charge in [0.2, 0.25) is 11.8 Å². The van der Waals surface area contributed by atoms with Crippen LogP contribution in [0.1, 0.15) is 22.6 Å². The lowest BCUT2D eigenvalue weighted by atomic mass is 10.1. The van der Waals surface area contributed by atoms with Crippen molar-refractivity contribution in [3.05, 3.63) is 51.9 Å². The molecule has 0 fully saturated rings. The summed E-state index contributed by atoms with van der Waals surface area (Å²) in [6, 6.07) is 6.93. The number of amides is 2. The van der Waals surface area contributed by atoms with Gasteiger partial charge in [-0.3, -0.25) is 20.4 Å². The van der Waals surface area contributed by atoms with Gasteiger partial charge in [0.15, 0.2) is 0 Å². The normalized spacial score (nSPS) is 10.3. The molecule has 6 nitrogen and oxygen atoms in total. The largest absolute Gasteiger partial charge is 0.361 e. The van der Waals surface area contributed by atoms with Gasteiger partial charge in [0.1, 0.15) is 5.76 Å². The van der Waals surface area contributed by atoms with Crippen LogP contribution >= 0.6 is 11.6 Å². The van der Waals surface area contributed by atoms with Gasteiger partial charge in [-0.25, -0.2) is 0 Å². The number of aromatic nitrogens is 1. The van der Waals surface area contributed by atoms with E-state index in [4.69, 9.17) is 16.1 Å². The van der Waals surface area contributed by atoms with Crippen molar-refractivity contribution in [2.45, 2.75) is 26.7 Å². The van der Waals surface area contributed by atoms with E-state index in [1.54, 1.807) is 38.1 Å². The van der Waals surface area contributed by atoms with Crippen LogP contribution in [0.25, 0.3) is 0 Å². The van der Waals surface area contributed by atoms with E-state index in [9.17, 15) is 9.59 Å². The molecular formula is C15H16ClN3O3. The lowest BCUT2D eigenvalue weighted by Gasteiger charge is -2.07. The molecule has 0 radical (unpaired) electrons. The second kappa shape index (κ2) is 7.09. The average molecular weight is 322 g/mol. The first-order chi connectivity index (χ1) is 10.5. The number of hydrazine groups is 1. The van der Waals surface area contributed by atoms with Crippen molar-refractivity contribution >= 4 is 23.4 Å². The fraction of sp³-hybridized carbons (Fsp3) is 0.267. The molecule has 0 aliphatic rings. The van der Waals surface area contributed by atoms with Crippen molar-refractivity contribution in [2.75, 3.05) is 0 Å². The van der Waals surface area contributed by atoms with Crippen molar-refractivity contribution in [3.63, 3.8) is 0 Å². The summed E-state index contributed by atoms with van der Waals surface area (Å²) in [6.45, 7) is 3.50. The van der Waals surface area contributed by atoms with Crippen molar-refractivity contribution in [3.8, 4) is 0 Å². The van der Waals surface area contributed by atoms with E-state index in [1.165, 1.54) is 0 Å². The number of carbonyl (C=O) groups is 2. The van der Waals surface area contributed by atoms with E-state index in [0.29, 0.717) is 16.5 Å². The van der Waals surface area contributed by atoms with Crippen LogP contribution in [0.3, 0.4) is 0 Å². The fourth-order valence-corrected chi connectivity index (χ4v) is 2.06. The summed E-state index contributed by atoms with van der Waals surface area (Å²) < 4.78 is 4.98. The van der Waals surface area contributed by atoms with E-state index < -0.39 is 0 Å². The summed E-state index contributed by atoms with van der Waals surface area (Å²) in [5, 5.41) is 4.38. The number of aryl methyl sites for hydroxylation is 2. The lowest BCUT2D eigenvalue weighted by Crippen LogP contribution is -2.43. The second-order valence-electron chi connectivity index (χ2n) is 4.88. The molecule has 22 heavy (non-hydrogen) atoms. The number of carbonyl (C=O) groups excluding carboxylic acids is 2. The number of nitrogens with zero attached hydrogens (tertiary/aromatic N) is 1. The second-order valence-corrected chi connectivity index (χ2v) is 5.32. The maximum absolute atomic E-state index is 11.8. The summed E-state index contributed by atoms with van der Waals surface area (Å²) in [6.07, 6.45) is 0.255. The average Bonchev–Trinajstić information content (AvgIpc) is 2.79. The van der Waals surface area contributed by atoms with Gasteiger partial charge in [-0.1, -0.05) is 28.9 Å². The summed E-state index contributed by atoms with van der Waals surface area (Å²) in [4.78, 5) is 23.6. The van der Waals surface area contributed by atoms with Crippen LogP contribution in [-0.2, 0) is 22.4 Å². The Bertz CT molecular complexity index is 660. The first-order valence-corrected chi connectivity index (χ1v) is 7.07. The monoisotopic (exact) mass is 321 g/mol. The van der Waals surface area contributed by atoms with Gasteiger partial charge in [0.05, 0.1) is 18.5 Å². The first-order valence-electron chi connectivity index (χ1n) is 6.69. The van der Waals surface area contributed by atoms with Crippen LogP contribution < -0.4 is 10.9 Å². The topological polar surface area (TPSA) is 84.2 Å². The van der Waals surface area contributed by atoms with E-state index in [-0.39, 0.29) is 24.7 Å². The standard InChI is InChI=1S/C15H16ClN3O3/c1-9-13(10(2)22-19-9)8-15(21)18-17-14(20)7-11-3-5-12(16)6-4-11/h3-6H,7-8H2,1-2H3,(H,17,20)(H,18,21). The molecule has 7 heteroatoms. The van der Waals surface area contributed by atoms with Gasteiger partial charge >= 0.3 is 0 Å². The minimum absolute atomic E-state index is 0.0996. The molecule has 116 valence electrons. The molecule has 0 bridgehead atoms. The molecule has 0 saturated carbocycles. The zero-order valence-corrected chi connectivity index (χ0v) is 13.0. The minimum atomic E-state index is -0.334. The molecule has 2 rings (SSSR count). The zero-order valence-electron chi connectivity index (χ0n) is 12.3. The molecule has 0 spiro atoms. The molecule has 2 N–H and O–H groups in total. The van der Waals surface area contributed by atoms with Crippen LogP contribution in [0.15, 0.2) is 28.8 Å². The predicted molar refractivity (Wildman–Crippen MR) is 81.1 cm³/mol. The van der Waals surface area contributed by atoms with Gasteiger partial charge in [0.25, 0.3) is 0 Å². The maximum Gasteiger partial charge on any atom is 0.243 e. The smallest absolute Gasteiger partial charge is 0.243 e. The lowest BCUT2D eigenvalue weighted by molar-refractivity contribution is -0.128. The number of halogens is 1. The number of hydrogen-bond donors (Lipinski definition) is 2. The Hall–Kier alpha value is -2.34. The third-order valence-corrected chi connectivity index (χ3v) is 3.39. The maximum atomic E-state index is 11.8. The molecule has 1 heterocycles. The Morgan fingerprint density at radius 2 is 1.68 bits per heavy atom. The van der Waals surface area contributed by atoms with Crippen molar-refractivity contribution in [1.29, 1.82) is 0 Å². The Balaban J connectivity index is 1.81. The number of hydrogen-bond acceptors (Lipinski definition) is 4. The molecule has 0 atom stereocenters. The minimum Gasteiger partial charge on any atom is -0.361 e. The molecule has 0 saturated heterocycles. The zero-order chi connectivity index (χ0) is 16.1. The summed E-state index contributed by atoms with van der Waals surface area (Å²) >= 11 is 5.77. The van der Waals surface area contributed by atoms with Gasteiger partial charge < -0.3 is 4.52 Å². The SMILES string of the molecule is Cc1noc(C)c1CC(=O)NNC(=O)Cc1ccc(Cl)cc1. The number of rotatable bonds is 4. The first kappa shape index (κ1) is 16.0. The molecular weight excluding hydrogens is 306 g/mol. The molecule has 2 aromatic rings. The van der Waals surface area contributed by atoms with Crippen molar-refractivity contribution in [1.82, 2.24) is 16.0 Å². The molecule has 0 unspecified atom stereocenters. The summed E-state index contributed by atoms with van der Waals surface area (Å²) in [5.74, 6) is -0.0477. The molecule has 1 aromatic carbocycles. The molecule has 2 amide bonds. The summed E-state index contributed by atoms with van der Waals surface area (Å²) in [5.41, 5.74) is 6.95. The van der Waals surface area contributed by atoms with Crippen LogP contribution in [0.2, 0.25) is 5.02 Å². The number of nitrogens with one attached hydrogen (secondary N) is 2. The summed E-state index contributed by atoms with van der Waals surface area (Å²) in [7, 11) is 0. The van der Waals surface area contributed by atoms with Crippen LogP contribution in [0.4, 0.5) is 0 Å². The highest BCUT2D eigenvalue weighted by Crippen LogP contribution is 2.12. The van der Waals surface area contributed by atoms with E-state index in [0.717, 1.165) is 11.1 Å². The molecule has 0 aliphatic heterocycles. The Morgan fingerprint density at radius 3 is 2.23 bits per heavy atom. The highest BCUT2D eigenvalue weighted by molar-refractivity contribution is 6.30. The Labute approximate surface area is 132 Å². The third-order valence-electron chi connectivity index (χ3n) is 3.14. The van der Waals surface area contributed by atoms with E-state index in [1.807, 2.05) is 0 Å². The molecule has 1 aromatic heterocycles. The van der Waals surface area contributed by atoms with Gasteiger partial charge in [-0.15, -0.1) is 0 Å². The van der Waals surface area contributed by atoms with Crippen molar-refractivity contribution < 1.29 is 14.1 Å². The van der Waals surface area contributed by atoms with Crippen LogP contribution in [0.5, 0.6) is 0 Å². The molecule has 0 aliphatic carbocycles. The van der Waals surface area contributed by atoms with E-state index in [2.05, 4.69) is 16.0 Å². The number of benzene rings is 1. The van der Waals surface area contributed by atoms with Gasteiger partial charge in [-0.05, 0) is 31.5 Å². The third kappa shape index (κ3) is 4.33. The fourth-order valence-electron chi connectivity index (χ4n) is 1.93. The Morgan fingerprint density at radius 1 is 1.09 bits per heavy atom. The highest BCUT2D eigenvalue weighted by atomic mass is 35.5. The highest BCUT2D eigenvalue weighted by Gasteiger charge is 2.13. The van der Waals surface area contributed by atoms with E-state index >= 15 is 0 Å². The van der Waals surface area contributed by atoms with Crippen molar-refractivity contribution in [2.24, 2.45) is 0 Å². The van der Waals surface area contributed by atoms with Gasteiger partial charge in [-0.2, -0.15) is 0 Å². The predicted octanol–water partition coefficient (Wildman–Crippen LogP) is 1.88. The van der Waals surface area contributed by atoms with Crippen LogP contribution in [0, 0.1) is 13.8 Å². The van der Waals surface area contributed by atoms with Crippen LogP contribution in [-0.4, -0.2) is 17.0 Å². The quantitative estimate of drug-likeness (QED) is 0.842. The van der Waals surface area contributed by atoms with Gasteiger partial charge in [0, 0.05) is 10.6 Å².